The summed E-state index contributed by atoms with van der Waals surface area (Å²) in [6.45, 7) is 4.87. The summed E-state index contributed by atoms with van der Waals surface area (Å²) in [7, 11) is 2.34. The van der Waals surface area contributed by atoms with E-state index < -0.39 is 41.3 Å². The number of carbonyl (C=O) groups is 2. The topological polar surface area (TPSA) is 61.8 Å². The first kappa shape index (κ1) is 21.0. The SMILES string of the molecule is COC(=O)C(C(=O)OC(C)(C)C)C(OC)c1ccc(C(F)(F)F)cc1. The minimum Gasteiger partial charge on any atom is -0.468 e. The van der Waals surface area contributed by atoms with Gasteiger partial charge in [0.15, 0.2) is 5.92 Å². The lowest BCUT2D eigenvalue weighted by molar-refractivity contribution is -0.175. The van der Waals surface area contributed by atoms with Gasteiger partial charge in [-0.3, -0.25) is 9.59 Å². The van der Waals surface area contributed by atoms with Crippen molar-refractivity contribution in [3.8, 4) is 0 Å². The number of hydrogen-bond donors (Lipinski definition) is 0. The Bertz CT molecular complexity index is 602. The molecule has 1 aromatic carbocycles. The van der Waals surface area contributed by atoms with Crippen LogP contribution in [-0.2, 0) is 30.0 Å². The van der Waals surface area contributed by atoms with E-state index in [1.165, 1.54) is 7.11 Å². The van der Waals surface area contributed by atoms with E-state index in [4.69, 9.17) is 9.47 Å². The quantitative estimate of drug-likeness (QED) is 0.592. The largest absolute Gasteiger partial charge is 0.468 e. The number of esters is 2. The molecule has 140 valence electrons. The average Bonchev–Trinajstić information content (AvgIpc) is 2.49. The first-order valence-electron chi connectivity index (χ1n) is 7.41. The molecule has 0 aliphatic carbocycles. The zero-order valence-electron chi connectivity index (χ0n) is 14.6. The summed E-state index contributed by atoms with van der Waals surface area (Å²) in [6.07, 6.45) is -5.64. The third kappa shape index (κ3) is 5.74. The molecule has 0 heterocycles. The highest BCUT2D eigenvalue weighted by molar-refractivity contribution is 5.96. The number of methoxy groups -OCH3 is 2. The van der Waals surface area contributed by atoms with Gasteiger partial charge in [0.05, 0.1) is 12.7 Å². The van der Waals surface area contributed by atoms with Gasteiger partial charge >= 0.3 is 18.1 Å². The molecule has 8 heteroatoms. The fraction of sp³-hybridized carbons (Fsp3) is 0.529. The van der Waals surface area contributed by atoms with E-state index in [-0.39, 0.29) is 5.56 Å². The first-order chi connectivity index (χ1) is 11.4. The second-order valence-corrected chi connectivity index (χ2v) is 6.31. The van der Waals surface area contributed by atoms with E-state index in [2.05, 4.69) is 4.74 Å². The predicted molar refractivity (Wildman–Crippen MR) is 82.5 cm³/mol. The summed E-state index contributed by atoms with van der Waals surface area (Å²) in [5, 5.41) is 0. The van der Waals surface area contributed by atoms with Crippen molar-refractivity contribution in [2.45, 2.75) is 38.7 Å². The predicted octanol–water partition coefficient (Wildman–Crippen LogP) is 3.52. The normalized spacial score (nSPS) is 14.6. The maximum absolute atomic E-state index is 12.7. The van der Waals surface area contributed by atoms with Crippen molar-refractivity contribution in [2.24, 2.45) is 5.92 Å². The van der Waals surface area contributed by atoms with Crippen molar-refractivity contribution in [3.05, 3.63) is 35.4 Å². The fourth-order valence-corrected chi connectivity index (χ4v) is 2.16. The molecule has 0 spiro atoms. The van der Waals surface area contributed by atoms with Crippen molar-refractivity contribution >= 4 is 11.9 Å². The zero-order valence-corrected chi connectivity index (χ0v) is 14.6. The number of alkyl halides is 3. The van der Waals surface area contributed by atoms with Crippen LogP contribution in [0.4, 0.5) is 13.2 Å². The zero-order chi connectivity index (χ0) is 19.4. The number of rotatable bonds is 5. The van der Waals surface area contributed by atoms with E-state index in [1.54, 1.807) is 20.8 Å². The smallest absolute Gasteiger partial charge is 0.416 e. The number of hydrogen-bond acceptors (Lipinski definition) is 5. The van der Waals surface area contributed by atoms with Gasteiger partial charge in [-0.15, -0.1) is 0 Å². The van der Waals surface area contributed by atoms with Crippen molar-refractivity contribution in [1.82, 2.24) is 0 Å². The Hall–Kier alpha value is -2.09. The molecule has 1 aromatic rings. The first-order valence-corrected chi connectivity index (χ1v) is 7.41. The molecule has 0 aromatic heterocycles. The maximum atomic E-state index is 12.7. The van der Waals surface area contributed by atoms with E-state index in [0.717, 1.165) is 31.4 Å². The van der Waals surface area contributed by atoms with Crippen LogP contribution in [0.5, 0.6) is 0 Å². The molecule has 2 unspecified atom stereocenters. The van der Waals surface area contributed by atoms with E-state index in [1.807, 2.05) is 0 Å². The third-order valence-corrected chi connectivity index (χ3v) is 3.24. The lowest BCUT2D eigenvalue weighted by Gasteiger charge is -2.27. The second-order valence-electron chi connectivity index (χ2n) is 6.31. The standard InChI is InChI=1S/C17H21F3O5/c1-16(2,3)25-15(22)12(14(21)24-5)13(23-4)10-6-8-11(9-7-10)17(18,19)20/h6-9,12-13H,1-5H3. The number of ether oxygens (including phenoxy) is 3. The van der Waals surface area contributed by atoms with Gasteiger partial charge in [-0.2, -0.15) is 13.2 Å². The van der Waals surface area contributed by atoms with Gasteiger partial charge < -0.3 is 14.2 Å². The van der Waals surface area contributed by atoms with Gasteiger partial charge in [0, 0.05) is 7.11 Å². The van der Waals surface area contributed by atoms with Crippen LogP contribution >= 0.6 is 0 Å². The Kier molecular flexibility index (Phi) is 6.59. The summed E-state index contributed by atoms with van der Waals surface area (Å²) >= 11 is 0. The lowest BCUT2D eigenvalue weighted by atomic mass is 9.94. The van der Waals surface area contributed by atoms with Gasteiger partial charge in [0.2, 0.25) is 0 Å². The van der Waals surface area contributed by atoms with Gasteiger partial charge in [-0.25, -0.2) is 0 Å². The van der Waals surface area contributed by atoms with Crippen molar-refractivity contribution < 1.29 is 37.0 Å². The lowest BCUT2D eigenvalue weighted by Crippen LogP contribution is -2.37. The number of benzene rings is 1. The van der Waals surface area contributed by atoms with Crippen molar-refractivity contribution in [2.75, 3.05) is 14.2 Å². The molecule has 0 aliphatic rings. The van der Waals surface area contributed by atoms with Crippen LogP contribution in [0.1, 0.15) is 38.0 Å². The van der Waals surface area contributed by atoms with Crippen molar-refractivity contribution in [3.63, 3.8) is 0 Å². The molecular weight excluding hydrogens is 341 g/mol. The molecule has 0 amide bonds. The Balaban J connectivity index is 3.21. The Morgan fingerprint density at radius 3 is 1.84 bits per heavy atom. The Morgan fingerprint density at radius 1 is 0.960 bits per heavy atom. The molecule has 0 bridgehead atoms. The molecule has 1 rings (SSSR count). The molecule has 0 N–H and O–H groups in total. The van der Waals surface area contributed by atoms with Crippen LogP contribution in [-0.4, -0.2) is 31.8 Å². The Morgan fingerprint density at radius 2 is 1.48 bits per heavy atom. The van der Waals surface area contributed by atoms with Crippen LogP contribution in [0, 0.1) is 5.92 Å². The highest BCUT2D eigenvalue weighted by Gasteiger charge is 2.40. The fourth-order valence-electron chi connectivity index (χ4n) is 2.16. The number of halogens is 3. The molecular formula is C17H21F3O5. The minimum absolute atomic E-state index is 0.219. The van der Waals surface area contributed by atoms with E-state index >= 15 is 0 Å². The molecule has 0 saturated heterocycles. The van der Waals surface area contributed by atoms with Crippen LogP contribution in [0.3, 0.4) is 0 Å². The molecule has 0 fully saturated rings. The van der Waals surface area contributed by atoms with Crippen LogP contribution in [0.15, 0.2) is 24.3 Å². The highest BCUT2D eigenvalue weighted by atomic mass is 19.4. The minimum atomic E-state index is -4.49. The molecule has 2 atom stereocenters. The summed E-state index contributed by atoms with van der Waals surface area (Å²) in [5.74, 6) is -3.25. The van der Waals surface area contributed by atoms with Crippen LogP contribution < -0.4 is 0 Å². The summed E-state index contributed by atoms with van der Waals surface area (Å²) in [5.41, 5.74) is -1.49. The summed E-state index contributed by atoms with van der Waals surface area (Å²) in [4.78, 5) is 24.4. The Labute approximate surface area is 144 Å². The molecule has 25 heavy (non-hydrogen) atoms. The highest BCUT2D eigenvalue weighted by Crippen LogP contribution is 2.33. The van der Waals surface area contributed by atoms with Gasteiger partial charge in [0.25, 0.3) is 0 Å². The molecule has 0 aliphatic heterocycles. The van der Waals surface area contributed by atoms with E-state index in [9.17, 15) is 22.8 Å². The maximum Gasteiger partial charge on any atom is 0.416 e. The number of carbonyl (C=O) groups excluding carboxylic acids is 2. The van der Waals surface area contributed by atoms with Gasteiger partial charge in [-0.1, -0.05) is 12.1 Å². The molecule has 5 nitrogen and oxygen atoms in total. The van der Waals surface area contributed by atoms with Gasteiger partial charge in [-0.05, 0) is 38.5 Å². The summed E-state index contributed by atoms with van der Waals surface area (Å²) in [6, 6.07) is 4.00. The second kappa shape index (κ2) is 7.86. The third-order valence-electron chi connectivity index (χ3n) is 3.24. The van der Waals surface area contributed by atoms with Crippen LogP contribution in [0.25, 0.3) is 0 Å². The van der Waals surface area contributed by atoms with E-state index in [0.29, 0.717) is 0 Å². The summed E-state index contributed by atoms with van der Waals surface area (Å²) < 4.78 is 53.1. The monoisotopic (exact) mass is 362 g/mol. The van der Waals surface area contributed by atoms with Crippen LogP contribution in [0.2, 0.25) is 0 Å². The average molecular weight is 362 g/mol. The molecule has 0 saturated carbocycles. The van der Waals surface area contributed by atoms with Gasteiger partial charge in [0.1, 0.15) is 11.7 Å². The van der Waals surface area contributed by atoms with Crippen molar-refractivity contribution in [1.29, 1.82) is 0 Å². The molecule has 0 radical (unpaired) electrons.